The second-order valence-corrected chi connectivity index (χ2v) is 5.85. The molecule has 3 rings (SSSR count). The Labute approximate surface area is 107 Å². The van der Waals surface area contributed by atoms with E-state index in [2.05, 4.69) is 0 Å². The normalized spacial score (nSPS) is 34.2. The fraction of sp³-hybridized carbons (Fsp3) is 0.714. The van der Waals surface area contributed by atoms with E-state index in [9.17, 15) is 14.7 Å². The molecule has 1 aliphatic heterocycles. The number of allylic oxidation sites excluding steroid dienone is 2. The number of hydrogen-bond donors (Lipinski definition) is 1. The number of imide groups is 1. The topological polar surface area (TPSA) is 57.6 Å². The van der Waals surface area contributed by atoms with Crippen LogP contribution in [0.25, 0.3) is 0 Å². The highest BCUT2D eigenvalue weighted by Gasteiger charge is 2.49. The molecule has 1 saturated heterocycles. The molecular weight excluding hydrogens is 230 g/mol. The Morgan fingerprint density at radius 1 is 1.11 bits per heavy atom. The molecule has 0 aromatic rings. The molecule has 0 bridgehead atoms. The minimum atomic E-state index is -0.827. The largest absolute Gasteiger partial charge is 0.388 e. The van der Waals surface area contributed by atoms with Gasteiger partial charge in [-0.3, -0.25) is 14.5 Å². The van der Waals surface area contributed by atoms with Gasteiger partial charge in [-0.15, -0.1) is 0 Å². The Hall–Kier alpha value is -1.16. The van der Waals surface area contributed by atoms with E-state index in [0.717, 1.165) is 12.8 Å². The third kappa shape index (κ3) is 1.79. The highest BCUT2D eigenvalue weighted by atomic mass is 16.3. The van der Waals surface area contributed by atoms with Crippen LogP contribution in [0.3, 0.4) is 0 Å². The maximum atomic E-state index is 12.2. The fourth-order valence-corrected chi connectivity index (χ4v) is 3.51. The lowest BCUT2D eigenvalue weighted by Gasteiger charge is -2.27. The Morgan fingerprint density at radius 3 is 2.11 bits per heavy atom. The number of rotatable bonds is 2. The van der Waals surface area contributed by atoms with Gasteiger partial charge in [0.2, 0.25) is 11.8 Å². The fourth-order valence-electron chi connectivity index (χ4n) is 3.51. The molecule has 4 heteroatoms. The van der Waals surface area contributed by atoms with Crippen LogP contribution in [0.2, 0.25) is 0 Å². The predicted octanol–water partition coefficient (Wildman–Crippen LogP) is 1.24. The molecule has 3 aliphatic rings. The van der Waals surface area contributed by atoms with E-state index in [4.69, 9.17) is 0 Å². The summed E-state index contributed by atoms with van der Waals surface area (Å²) in [7, 11) is 0. The average molecular weight is 249 g/mol. The Balaban J connectivity index is 1.77. The zero-order chi connectivity index (χ0) is 12.8. The molecule has 0 aromatic carbocycles. The Bertz CT molecular complexity index is 383. The van der Waals surface area contributed by atoms with Crippen molar-refractivity contribution in [3.05, 3.63) is 12.2 Å². The molecule has 18 heavy (non-hydrogen) atoms. The van der Waals surface area contributed by atoms with Crippen LogP contribution in [0.4, 0.5) is 0 Å². The molecular formula is C14H19NO3. The lowest BCUT2D eigenvalue weighted by atomic mass is 9.85. The molecule has 1 saturated carbocycles. The van der Waals surface area contributed by atoms with E-state index >= 15 is 0 Å². The van der Waals surface area contributed by atoms with Crippen molar-refractivity contribution in [3.8, 4) is 0 Å². The van der Waals surface area contributed by atoms with Crippen LogP contribution in [0.5, 0.6) is 0 Å². The maximum absolute atomic E-state index is 12.2. The molecule has 4 nitrogen and oxygen atoms in total. The first-order chi connectivity index (χ1) is 8.61. The predicted molar refractivity (Wildman–Crippen MR) is 65.5 cm³/mol. The van der Waals surface area contributed by atoms with E-state index in [1.54, 1.807) is 0 Å². The van der Waals surface area contributed by atoms with Crippen molar-refractivity contribution >= 4 is 11.8 Å². The molecule has 98 valence electrons. The van der Waals surface area contributed by atoms with Gasteiger partial charge in [0, 0.05) is 0 Å². The van der Waals surface area contributed by atoms with Gasteiger partial charge in [0.05, 0.1) is 24.0 Å². The van der Waals surface area contributed by atoms with Gasteiger partial charge in [0.15, 0.2) is 0 Å². The summed E-state index contributed by atoms with van der Waals surface area (Å²) < 4.78 is 0. The SMILES string of the molecule is O=C1C2CC=CCC2C(=O)N1CC1(O)CCCC1. The molecule has 0 radical (unpaired) electrons. The van der Waals surface area contributed by atoms with E-state index in [1.807, 2.05) is 12.2 Å². The number of β-amino-alcohol motifs (C(OH)–C–C–N with tert-alkyl or cyclic N) is 1. The number of hydrogen-bond acceptors (Lipinski definition) is 3. The molecule has 1 heterocycles. The second kappa shape index (κ2) is 4.19. The average Bonchev–Trinajstić information content (AvgIpc) is 2.89. The molecule has 0 aromatic heterocycles. The Kier molecular flexibility index (Phi) is 2.77. The van der Waals surface area contributed by atoms with E-state index in [-0.39, 0.29) is 30.2 Å². The summed E-state index contributed by atoms with van der Waals surface area (Å²) in [4.78, 5) is 25.8. The standard InChI is InChI=1S/C14H19NO3/c16-12-10-5-1-2-6-11(10)13(17)15(12)9-14(18)7-3-4-8-14/h1-2,10-11,18H,3-9H2. The minimum absolute atomic E-state index is 0.0744. The van der Waals surface area contributed by atoms with Crippen LogP contribution in [-0.4, -0.2) is 34.0 Å². The van der Waals surface area contributed by atoms with Gasteiger partial charge in [0.25, 0.3) is 0 Å². The van der Waals surface area contributed by atoms with Crippen LogP contribution in [0.15, 0.2) is 12.2 Å². The monoisotopic (exact) mass is 249 g/mol. The number of amides is 2. The van der Waals surface area contributed by atoms with Crippen LogP contribution in [0, 0.1) is 11.8 Å². The Morgan fingerprint density at radius 2 is 1.61 bits per heavy atom. The van der Waals surface area contributed by atoms with Crippen LogP contribution >= 0.6 is 0 Å². The summed E-state index contributed by atoms with van der Waals surface area (Å²) >= 11 is 0. The van der Waals surface area contributed by atoms with Crippen molar-refractivity contribution in [3.63, 3.8) is 0 Å². The van der Waals surface area contributed by atoms with Gasteiger partial charge in [-0.25, -0.2) is 0 Å². The number of nitrogens with zero attached hydrogens (tertiary/aromatic N) is 1. The third-order valence-corrected chi connectivity index (χ3v) is 4.59. The van der Waals surface area contributed by atoms with Crippen LogP contribution in [0.1, 0.15) is 38.5 Å². The van der Waals surface area contributed by atoms with E-state index in [1.165, 1.54) is 4.90 Å². The van der Waals surface area contributed by atoms with Crippen molar-refractivity contribution < 1.29 is 14.7 Å². The summed E-state index contributed by atoms with van der Waals surface area (Å²) in [5.74, 6) is -0.496. The van der Waals surface area contributed by atoms with E-state index in [0.29, 0.717) is 25.7 Å². The first kappa shape index (κ1) is 11.9. The van der Waals surface area contributed by atoms with Gasteiger partial charge in [-0.2, -0.15) is 0 Å². The molecule has 2 amide bonds. The lowest BCUT2D eigenvalue weighted by Crippen LogP contribution is -2.44. The summed E-state index contributed by atoms with van der Waals surface area (Å²) in [6, 6.07) is 0. The molecule has 1 N–H and O–H groups in total. The second-order valence-electron chi connectivity index (χ2n) is 5.85. The summed E-state index contributed by atoms with van der Waals surface area (Å²) in [5, 5.41) is 10.4. The van der Waals surface area contributed by atoms with Gasteiger partial charge in [-0.05, 0) is 25.7 Å². The van der Waals surface area contributed by atoms with Crippen molar-refractivity contribution in [2.75, 3.05) is 6.54 Å². The molecule has 0 spiro atoms. The van der Waals surface area contributed by atoms with Gasteiger partial charge < -0.3 is 5.11 Å². The first-order valence-corrected chi connectivity index (χ1v) is 6.83. The number of carbonyl (C=O) groups excluding carboxylic acids is 2. The number of aliphatic hydroxyl groups is 1. The van der Waals surface area contributed by atoms with Gasteiger partial charge >= 0.3 is 0 Å². The van der Waals surface area contributed by atoms with Crippen molar-refractivity contribution in [1.29, 1.82) is 0 Å². The van der Waals surface area contributed by atoms with E-state index < -0.39 is 5.60 Å². The minimum Gasteiger partial charge on any atom is -0.388 e. The molecule has 2 unspecified atom stereocenters. The third-order valence-electron chi connectivity index (χ3n) is 4.59. The molecule has 2 atom stereocenters. The maximum Gasteiger partial charge on any atom is 0.233 e. The van der Waals surface area contributed by atoms with Crippen LogP contribution < -0.4 is 0 Å². The van der Waals surface area contributed by atoms with Crippen molar-refractivity contribution in [2.45, 2.75) is 44.1 Å². The van der Waals surface area contributed by atoms with Gasteiger partial charge in [-0.1, -0.05) is 25.0 Å². The number of likely N-dealkylation sites (tertiary alicyclic amines) is 1. The number of fused-ring (bicyclic) bond motifs is 1. The first-order valence-electron chi connectivity index (χ1n) is 6.83. The molecule has 2 aliphatic carbocycles. The zero-order valence-corrected chi connectivity index (χ0v) is 10.5. The number of carbonyl (C=O) groups is 2. The summed E-state index contributed by atoms with van der Waals surface area (Å²) in [6.45, 7) is 0.206. The van der Waals surface area contributed by atoms with Crippen LogP contribution in [-0.2, 0) is 9.59 Å². The van der Waals surface area contributed by atoms with Crippen molar-refractivity contribution in [1.82, 2.24) is 4.90 Å². The quantitative estimate of drug-likeness (QED) is 0.592. The lowest BCUT2D eigenvalue weighted by molar-refractivity contribution is -0.144. The van der Waals surface area contributed by atoms with Gasteiger partial charge in [0.1, 0.15) is 0 Å². The highest BCUT2D eigenvalue weighted by Crippen LogP contribution is 2.38. The highest BCUT2D eigenvalue weighted by molar-refractivity contribution is 6.05. The summed E-state index contributed by atoms with van der Waals surface area (Å²) in [5.41, 5.74) is -0.827. The summed E-state index contributed by atoms with van der Waals surface area (Å²) in [6.07, 6.45) is 8.70. The van der Waals surface area contributed by atoms with Crippen molar-refractivity contribution in [2.24, 2.45) is 11.8 Å². The zero-order valence-electron chi connectivity index (χ0n) is 10.5. The molecule has 2 fully saturated rings. The smallest absolute Gasteiger partial charge is 0.233 e.